The van der Waals surface area contributed by atoms with E-state index in [0.717, 1.165) is 46.1 Å². The van der Waals surface area contributed by atoms with E-state index in [0.29, 0.717) is 0 Å². The molecule has 0 bridgehead atoms. The molecule has 3 nitrogen and oxygen atoms in total. The van der Waals surface area contributed by atoms with E-state index in [9.17, 15) is 4.79 Å². The van der Waals surface area contributed by atoms with Crippen LogP contribution in [0, 0.1) is 3.57 Å². The molecule has 0 aromatic heterocycles. The Morgan fingerprint density at radius 3 is 3.11 bits per heavy atom. The molecule has 1 fully saturated rings. The van der Waals surface area contributed by atoms with Crippen LogP contribution >= 0.6 is 38.5 Å². The van der Waals surface area contributed by atoms with Gasteiger partial charge in [0, 0.05) is 20.6 Å². The highest BCUT2D eigenvalue weighted by Crippen LogP contribution is 2.20. The maximum atomic E-state index is 12.3. The third-order valence-corrected chi connectivity index (χ3v) is 4.82. The van der Waals surface area contributed by atoms with E-state index in [2.05, 4.69) is 55.7 Å². The Hall–Kier alpha value is -0.140. The average molecular weight is 437 g/mol. The van der Waals surface area contributed by atoms with E-state index in [-0.39, 0.29) is 11.9 Å². The molecule has 1 amide bonds. The lowest BCUT2D eigenvalue weighted by atomic mass is 10.1. The molecule has 1 N–H and O–H groups in total. The number of carbonyl (C=O) groups excluding carboxylic acids is 1. The number of halogens is 2. The van der Waals surface area contributed by atoms with E-state index < -0.39 is 0 Å². The first-order valence-electron chi connectivity index (χ1n) is 6.58. The predicted octanol–water partition coefficient (Wildman–Crippen LogP) is 3.27. The van der Waals surface area contributed by atoms with E-state index in [1.165, 1.54) is 0 Å². The van der Waals surface area contributed by atoms with Crippen molar-refractivity contribution in [1.29, 1.82) is 0 Å². The number of piperidine rings is 1. The molecular formula is C14H18BrIN2O. The van der Waals surface area contributed by atoms with Crippen molar-refractivity contribution in [3.05, 3.63) is 31.8 Å². The minimum Gasteiger partial charge on any atom is -0.348 e. The number of amides is 1. The van der Waals surface area contributed by atoms with Crippen molar-refractivity contribution < 1.29 is 4.79 Å². The van der Waals surface area contributed by atoms with Gasteiger partial charge in [0.25, 0.3) is 5.91 Å². The molecule has 1 heterocycles. The largest absolute Gasteiger partial charge is 0.348 e. The van der Waals surface area contributed by atoms with Gasteiger partial charge >= 0.3 is 0 Å². The third-order valence-electron chi connectivity index (χ3n) is 3.46. The van der Waals surface area contributed by atoms with Crippen LogP contribution < -0.4 is 5.32 Å². The van der Waals surface area contributed by atoms with Crippen LogP contribution in [0.4, 0.5) is 0 Å². The highest BCUT2D eigenvalue weighted by molar-refractivity contribution is 14.1. The molecule has 0 aliphatic carbocycles. The second-order valence-corrected chi connectivity index (χ2v) is 6.93. The summed E-state index contributed by atoms with van der Waals surface area (Å²) in [6.07, 6.45) is 2.23. The Balaban J connectivity index is 2.02. The standard InChI is InChI=1S/C14H18BrIN2O/c1-2-18-7-3-4-11(9-18)17-14(19)12-8-10(16)5-6-13(12)15/h5-6,8,11H,2-4,7,9H2,1H3,(H,17,19). The molecule has 1 atom stereocenters. The Morgan fingerprint density at radius 2 is 2.37 bits per heavy atom. The van der Waals surface area contributed by atoms with Gasteiger partial charge in [0.05, 0.1) is 5.56 Å². The third kappa shape index (κ3) is 4.16. The lowest BCUT2D eigenvalue weighted by Crippen LogP contribution is -2.47. The fourth-order valence-electron chi connectivity index (χ4n) is 2.40. The maximum Gasteiger partial charge on any atom is 0.252 e. The van der Waals surface area contributed by atoms with E-state index >= 15 is 0 Å². The molecule has 1 aliphatic rings. The summed E-state index contributed by atoms with van der Waals surface area (Å²) in [5.41, 5.74) is 0.723. The van der Waals surface area contributed by atoms with E-state index in [4.69, 9.17) is 0 Å². The summed E-state index contributed by atoms with van der Waals surface area (Å²) in [7, 11) is 0. The van der Waals surface area contributed by atoms with Gasteiger partial charge in [-0.1, -0.05) is 6.92 Å². The van der Waals surface area contributed by atoms with Crippen LogP contribution in [0.25, 0.3) is 0 Å². The number of likely N-dealkylation sites (N-methyl/N-ethyl adjacent to an activating group) is 1. The molecule has 0 radical (unpaired) electrons. The number of hydrogen-bond acceptors (Lipinski definition) is 2. The quantitative estimate of drug-likeness (QED) is 0.737. The van der Waals surface area contributed by atoms with Gasteiger partial charge in [-0.2, -0.15) is 0 Å². The van der Waals surface area contributed by atoms with Crippen LogP contribution in [0.5, 0.6) is 0 Å². The van der Waals surface area contributed by atoms with Crippen LogP contribution in [0.3, 0.4) is 0 Å². The molecule has 1 aromatic rings. The van der Waals surface area contributed by atoms with Crippen molar-refractivity contribution in [3.8, 4) is 0 Å². The number of likely N-dealkylation sites (tertiary alicyclic amines) is 1. The Labute approximate surface area is 136 Å². The van der Waals surface area contributed by atoms with Crippen LogP contribution in [0.2, 0.25) is 0 Å². The highest BCUT2D eigenvalue weighted by Gasteiger charge is 2.21. The second-order valence-electron chi connectivity index (χ2n) is 4.83. The molecular weight excluding hydrogens is 419 g/mol. The zero-order chi connectivity index (χ0) is 13.8. The number of rotatable bonds is 3. The summed E-state index contributed by atoms with van der Waals surface area (Å²) in [4.78, 5) is 14.7. The van der Waals surface area contributed by atoms with Gasteiger partial charge in [-0.05, 0) is 82.7 Å². The monoisotopic (exact) mass is 436 g/mol. The molecule has 104 valence electrons. The summed E-state index contributed by atoms with van der Waals surface area (Å²) < 4.78 is 1.93. The molecule has 0 spiro atoms. The van der Waals surface area contributed by atoms with Gasteiger partial charge in [-0.25, -0.2) is 0 Å². The zero-order valence-electron chi connectivity index (χ0n) is 11.0. The fourth-order valence-corrected chi connectivity index (χ4v) is 3.31. The van der Waals surface area contributed by atoms with Gasteiger partial charge in [0.15, 0.2) is 0 Å². The zero-order valence-corrected chi connectivity index (χ0v) is 14.7. The fraction of sp³-hybridized carbons (Fsp3) is 0.500. The number of benzene rings is 1. The Kier molecular flexibility index (Phi) is 5.65. The highest BCUT2D eigenvalue weighted by atomic mass is 127. The first-order chi connectivity index (χ1) is 9.10. The van der Waals surface area contributed by atoms with Crippen molar-refractivity contribution in [3.63, 3.8) is 0 Å². The average Bonchev–Trinajstić information content (AvgIpc) is 2.41. The SMILES string of the molecule is CCN1CCCC(NC(=O)c2cc(I)ccc2Br)C1. The number of hydrogen-bond donors (Lipinski definition) is 1. The van der Waals surface area contributed by atoms with Crippen LogP contribution in [0.1, 0.15) is 30.1 Å². The van der Waals surface area contributed by atoms with Crippen molar-refractivity contribution in [2.75, 3.05) is 19.6 Å². The predicted molar refractivity (Wildman–Crippen MR) is 89.5 cm³/mol. The van der Waals surface area contributed by atoms with Gasteiger partial charge < -0.3 is 10.2 Å². The van der Waals surface area contributed by atoms with Crippen molar-refractivity contribution >= 4 is 44.4 Å². The minimum atomic E-state index is 0.0216. The smallest absolute Gasteiger partial charge is 0.252 e. The summed E-state index contributed by atoms with van der Waals surface area (Å²) in [6.45, 7) is 5.33. The number of nitrogens with one attached hydrogen (secondary N) is 1. The summed E-state index contributed by atoms with van der Waals surface area (Å²) >= 11 is 5.67. The van der Waals surface area contributed by atoms with Crippen LogP contribution in [-0.2, 0) is 0 Å². The molecule has 0 saturated carbocycles. The molecule has 1 aliphatic heterocycles. The Morgan fingerprint density at radius 1 is 1.58 bits per heavy atom. The summed E-state index contributed by atoms with van der Waals surface area (Å²) in [5, 5.41) is 3.15. The van der Waals surface area contributed by atoms with Crippen molar-refractivity contribution in [2.24, 2.45) is 0 Å². The van der Waals surface area contributed by atoms with E-state index in [1.807, 2.05) is 18.2 Å². The molecule has 1 aromatic carbocycles. The van der Waals surface area contributed by atoms with Gasteiger partial charge in [0.2, 0.25) is 0 Å². The minimum absolute atomic E-state index is 0.0216. The van der Waals surface area contributed by atoms with Crippen LogP contribution in [-0.4, -0.2) is 36.5 Å². The molecule has 19 heavy (non-hydrogen) atoms. The lowest BCUT2D eigenvalue weighted by molar-refractivity contribution is 0.0905. The second kappa shape index (κ2) is 7.04. The van der Waals surface area contributed by atoms with Crippen molar-refractivity contribution in [2.45, 2.75) is 25.8 Å². The normalized spacial score (nSPS) is 20.3. The maximum absolute atomic E-state index is 12.3. The first kappa shape index (κ1) is 15.3. The molecule has 1 saturated heterocycles. The Bertz CT molecular complexity index is 467. The van der Waals surface area contributed by atoms with Gasteiger partial charge in [-0.15, -0.1) is 0 Å². The molecule has 2 rings (SSSR count). The molecule has 1 unspecified atom stereocenters. The first-order valence-corrected chi connectivity index (χ1v) is 8.45. The van der Waals surface area contributed by atoms with Crippen molar-refractivity contribution in [1.82, 2.24) is 10.2 Å². The number of carbonyl (C=O) groups is 1. The van der Waals surface area contributed by atoms with Gasteiger partial charge in [0.1, 0.15) is 0 Å². The van der Waals surface area contributed by atoms with Gasteiger partial charge in [-0.3, -0.25) is 4.79 Å². The number of nitrogens with zero attached hydrogens (tertiary/aromatic N) is 1. The lowest BCUT2D eigenvalue weighted by Gasteiger charge is -2.32. The molecule has 5 heteroatoms. The van der Waals surface area contributed by atoms with Crippen LogP contribution in [0.15, 0.2) is 22.7 Å². The summed E-state index contributed by atoms with van der Waals surface area (Å²) in [5.74, 6) is 0.0216. The summed E-state index contributed by atoms with van der Waals surface area (Å²) in [6, 6.07) is 6.10. The topological polar surface area (TPSA) is 32.3 Å². The van der Waals surface area contributed by atoms with E-state index in [1.54, 1.807) is 0 Å².